The number of thioether (sulfide) groups is 1. The molecule has 7 nitrogen and oxygen atoms in total. The fourth-order valence-electron chi connectivity index (χ4n) is 2.16. The number of carbonyl (C=O) groups excluding carboxylic acids is 3. The predicted molar refractivity (Wildman–Crippen MR) is 113 cm³/mol. The maximum Gasteiger partial charge on any atom is 0.309 e. The van der Waals surface area contributed by atoms with Gasteiger partial charge in [0.15, 0.2) is 5.17 Å². The number of halogens is 1. The maximum atomic E-state index is 12.5. The van der Waals surface area contributed by atoms with Crippen molar-refractivity contribution >= 4 is 46.9 Å². The first-order valence-electron chi connectivity index (χ1n) is 8.75. The second-order valence-electron chi connectivity index (χ2n) is 7.86. The predicted octanol–water partition coefficient (Wildman–Crippen LogP) is 2.18. The number of nitrogens with one attached hydrogen (secondary N) is 2. The van der Waals surface area contributed by atoms with Gasteiger partial charge in [-0.2, -0.15) is 0 Å². The van der Waals surface area contributed by atoms with Crippen LogP contribution in [0.3, 0.4) is 0 Å². The Bertz CT molecular complexity index is 600. The maximum absolute atomic E-state index is 12.5. The smallest absolute Gasteiger partial charge is 0.309 e. The lowest BCUT2D eigenvalue weighted by Crippen LogP contribution is -2.47. The van der Waals surface area contributed by atoms with Crippen molar-refractivity contribution in [2.24, 2.45) is 16.4 Å². The first-order valence-corrected chi connectivity index (χ1v) is 9.73. The first kappa shape index (κ1) is 25.5. The number of Topliss-reactive ketones (excluding diaryl/α,β-unsaturated/α-hetero) is 1. The summed E-state index contributed by atoms with van der Waals surface area (Å²) in [6.07, 6.45) is 3.55. The minimum Gasteiger partial charge on any atom is -0.352 e. The molecular weight excluding hydrogens is 388 g/mol. The molecule has 1 aliphatic rings. The van der Waals surface area contributed by atoms with E-state index in [1.54, 1.807) is 6.08 Å². The number of hydrogen-bond acceptors (Lipinski definition) is 5. The van der Waals surface area contributed by atoms with Crippen molar-refractivity contribution in [1.82, 2.24) is 15.6 Å². The van der Waals surface area contributed by atoms with Gasteiger partial charge in [-0.05, 0) is 23.8 Å². The number of nitrogens with zero attached hydrogens (tertiary/aromatic N) is 2. The molecule has 1 heterocycles. The molecule has 1 aliphatic heterocycles. The second-order valence-corrected chi connectivity index (χ2v) is 8.92. The quantitative estimate of drug-likeness (QED) is 0.375. The van der Waals surface area contributed by atoms with Crippen LogP contribution in [-0.2, 0) is 14.4 Å². The molecule has 1 atom stereocenters. The third kappa shape index (κ3) is 9.81. The van der Waals surface area contributed by atoms with E-state index in [0.717, 1.165) is 12.3 Å². The zero-order valence-electron chi connectivity index (χ0n) is 16.9. The van der Waals surface area contributed by atoms with Crippen LogP contribution in [0.25, 0.3) is 0 Å². The Hall–Kier alpha value is -1.54. The molecule has 27 heavy (non-hydrogen) atoms. The molecule has 0 saturated carbocycles. The molecule has 1 rings (SSSR count). The van der Waals surface area contributed by atoms with Crippen LogP contribution in [-0.4, -0.2) is 53.1 Å². The second kappa shape index (κ2) is 11.3. The van der Waals surface area contributed by atoms with Gasteiger partial charge in [-0.15, -0.1) is 17.5 Å². The molecular formula is C18H31ClN4O3S. The summed E-state index contributed by atoms with van der Waals surface area (Å²) in [7, 11) is 1.87. The van der Waals surface area contributed by atoms with E-state index in [2.05, 4.69) is 15.8 Å². The normalized spacial score (nSPS) is 17.1. The molecule has 0 spiro atoms. The van der Waals surface area contributed by atoms with Crippen molar-refractivity contribution in [2.45, 2.75) is 47.1 Å². The lowest BCUT2D eigenvalue weighted by atomic mass is 9.96. The van der Waals surface area contributed by atoms with E-state index < -0.39 is 17.7 Å². The van der Waals surface area contributed by atoms with Crippen molar-refractivity contribution < 1.29 is 14.4 Å². The summed E-state index contributed by atoms with van der Waals surface area (Å²) in [6, 6.07) is -0.874. The van der Waals surface area contributed by atoms with Crippen molar-refractivity contribution in [1.29, 1.82) is 0 Å². The van der Waals surface area contributed by atoms with Crippen LogP contribution >= 0.6 is 24.2 Å². The van der Waals surface area contributed by atoms with Crippen molar-refractivity contribution in [2.75, 3.05) is 19.3 Å². The lowest BCUT2D eigenvalue weighted by molar-refractivity contribution is -0.140. The largest absolute Gasteiger partial charge is 0.352 e. The van der Waals surface area contributed by atoms with Crippen LogP contribution in [0.15, 0.2) is 17.3 Å². The van der Waals surface area contributed by atoms with Crippen molar-refractivity contribution in [3.63, 3.8) is 0 Å². The Morgan fingerprint density at radius 2 is 1.93 bits per heavy atom. The third-order valence-electron chi connectivity index (χ3n) is 3.54. The molecule has 0 aromatic rings. The van der Waals surface area contributed by atoms with Gasteiger partial charge in [-0.25, -0.2) is 5.43 Å². The van der Waals surface area contributed by atoms with Gasteiger partial charge in [0.05, 0.1) is 6.04 Å². The summed E-state index contributed by atoms with van der Waals surface area (Å²) in [5.74, 6) is -0.850. The zero-order chi connectivity index (χ0) is 19.9. The van der Waals surface area contributed by atoms with E-state index in [4.69, 9.17) is 0 Å². The Balaban J connectivity index is 0.00000676. The van der Waals surface area contributed by atoms with E-state index in [9.17, 15) is 14.4 Å². The summed E-state index contributed by atoms with van der Waals surface area (Å²) in [6.45, 7) is 10.6. The van der Waals surface area contributed by atoms with Crippen molar-refractivity contribution in [3.05, 3.63) is 12.2 Å². The molecule has 1 saturated heterocycles. The van der Waals surface area contributed by atoms with E-state index >= 15 is 0 Å². The Morgan fingerprint density at radius 1 is 1.30 bits per heavy atom. The van der Waals surface area contributed by atoms with Gasteiger partial charge >= 0.3 is 5.91 Å². The van der Waals surface area contributed by atoms with E-state index in [1.807, 2.05) is 46.6 Å². The minimum absolute atomic E-state index is 0. The Labute approximate surface area is 172 Å². The molecule has 0 bridgehead atoms. The first-order chi connectivity index (χ1) is 12.0. The monoisotopic (exact) mass is 418 g/mol. The highest BCUT2D eigenvalue weighted by atomic mass is 35.5. The van der Waals surface area contributed by atoms with Crippen LogP contribution in [0.4, 0.5) is 0 Å². The van der Waals surface area contributed by atoms with Gasteiger partial charge in [-0.3, -0.25) is 14.4 Å². The number of rotatable bonds is 7. The molecule has 0 radical (unpaired) electrons. The van der Waals surface area contributed by atoms with Gasteiger partial charge < -0.3 is 10.2 Å². The number of hydrazone groups is 1. The SMILES string of the molecule is CC(C)C[C@H](NC(=O)/C=C/C(C)(C)C)C(=O)C(=O)N/N=C1\SCCN1C.Cl. The lowest BCUT2D eigenvalue weighted by Gasteiger charge is -2.18. The molecule has 0 aromatic heterocycles. The highest BCUT2D eigenvalue weighted by Gasteiger charge is 2.27. The molecule has 1 fully saturated rings. The van der Waals surface area contributed by atoms with Crippen molar-refractivity contribution in [3.8, 4) is 0 Å². The van der Waals surface area contributed by atoms with Gasteiger partial charge in [0.25, 0.3) is 0 Å². The molecule has 0 aliphatic carbocycles. The molecule has 2 amide bonds. The Morgan fingerprint density at radius 3 is 2.41 bits per heavy atom. The molecule has 154 valence electrons. The third-order valence-corrected chi connectivity index (χ3v) is 4.58. The van der Waals surface area contributed by atoms with Gasteiger partial charge in [0, 0.05) is 19.3 Å². The molecule has 9 heteroatoms. The number of carbonyl (C=O) groups is 3. The Kier molecular flexibility index (Phi) is 10.7. The van der Waals surface area contributed by atoms with Gasteiger partial charge in [0.1, 0.15) is 0 Å². The summed E-state index contributed by atoms with van der Waals surface area (Å²) < 4.78 is 0. The average molecular weight is 419 g/mol. The summed E-state index contributed by atoms with van der Waals surface area (Å²) in [4.78, 5) is 38.6. The van der Waals surface area contributed by atoms with Crippen LogP contribution in [0.5, 0.6) is 0 Å². The summed E-state index contributed by atoms with van der Waals surface area (Å²) >= 11 is 1.51. The van der Waals surface area contributed by atoms with Crippen LogP contribution in [0.2, 0.25) is 0 Å². The molecule has 2 N–H and O–H groups in total. The van der Waals surface area contributed by atoms with Gasteiger partial charge in [0.2, 0.25) is 11.7 Å². The zero-order valence-corrected chi connectivity index (χ0v) is 18.5. The number of allylic oxidation sites excluding steroid dienone is 1. The highest BCUT2D eigenvalue weighted by Crippen LogP contribution is 2.15. The standard InChI is InChI=1S/C18H30N4O3S.ClH/c1-12(2)11-13(19-14(23)7-8-18(3,4)5)15(24)16(25)20-21-17-22(6)9-10-26-17;/h7-8,12-13H,9-11H2,1-6H3,(H,19,23)(H,20,25);1H/b8-7+,21-17-;/t13-;/m0./s1. The van der Waals surface area contributed by atoms with Gasteiger partial charge in [-0.1, -0.05) is 52.5 Å². The highest BCUT2D eigenvalue weighted by molar-refractivity contribution is 8.14. The fourth-order valence-corrected chi connectivity index (χ4v) is 3.13. The fraction of sp³-hybridized carbons (Fsp3) is 0.667. The van der Waals surface area contributed by atoms with E-state index in [1.165, 1.54) is 17.8 Å². The van der Waals surface area contributed by atoms with Crippen LogP contribution in [0.1, 0.15) is 41.0 Å². The van der Waals surface area contributed by atoms with Crippen LogP contribution < -0.4 is 10.7 Å². The number of ketones is 1. The summed E-state index contributed by atoms with van der Waals surface area (Å²) in [5, 5.41) is 7.30. The number of amides is 2. The minimum atomic E-state index is -0.874. The number of hydrogen-bond donors (Lipinski definition) is 2. The number of amidine groups is 1. The average Bonchev–Trinajstić information content (AvgIpc) is 2.93. The molecule has 0 unspecified atom stereocenters. The molecule has 0 aromatic carbocycles. The van der Waals surface area contributed by atoms with Crippen LogP contribution in [0, 0.1) is 11.3 Å². The summed E-state index contributed by atoms with van der Waals surface area (Å²) in [5.41, 5.74) is 2.16. The topological polar surface area (TPSA) is 90.9 Å². The van der Waals surface area contributed by atoms with E-state index in [-0.39, 0.29) is 29.6 Å². The van der Waals surface area contributed by atoms with E-state index in [0.29, 0.717) is 11.6 Å².